The van der Waals surface area contributed by atoms with Gasteiger partial charge in [-0.2, -0.15) is 0 Å². The van der Waals surface area contributed by atoms with E-state index in [4.69, 9.17) is 4.98 Å². The normalized spacial score (nSPS) is 22.7. The largest absolute Gasteiger partial charge is 0.311 e. The maximum absolute atomic E-state index is 11.9. The molecule has 21 heavy (non-hydrogen) atoms. The van der Waals surface area contributed by atoms with Gasteiger partial charge in [0.2, 0.25) is 0 Å². The van der Waals surface area contributed by atoms with Gasteiger partial charge in [-0.15, -0.1) is 0 Å². The molecule has 4 nitrogen and oxygen atoms in total. The van der Waals surface area contributed by atoms with Crippen molar-refractivity contribution in [2.75, 3.05) is 6.54 Å². The van der Waals surface area contributed by atoms with E-state index in [-0.39, 0.29) is 5.56 Å². The molecule has 0 radical (unpaired) electrons. The molecule has 0 aromatic carbocycles. The van der Waals surface area contributed by atoms with E-state index in [0.29, 0.717) is 18.4 Å². The lowest BCUT2D eigenvalue weighted by molar-refractivity contribution is 0.306. The molecule has 2 N–H and O–H groups in total. The lowest BCUT2D eigenvalue weighted by Gasteiger charge is -2.27. The van der Waals surface area contributed by atoms with Gasteiger partial charge in [-0.05, 0) is 31.2 Å². The Hall–Kier alpha value is -1.16. The van der Waals surface area contributed by atoms with Crippen molar-refractivity contribution in [3.8, 4) is 0 Å². The van der Waals surface area contributed by atoms with Crippen LogP contribution in [0, 0.1) is 11.8 Å². The van der Waals surface area contributed by atoms with Gasteiger partial charge in [0.1, 0.15) is 5.82 Å². The minimum Gasteiger partial charge on any atom is -0.311 e. The van der Waals surface area contributed by atoms with Crippen molar-refractivity contribution in [3.63, 3.8) is 0 Å². The molecule has 0 saturated heterocycles. The fraction of sp³-hybridized carbons (Fsp3) is 0.765. The molecular weight excluding hydrogens is 262 g/mol. The molecule has 1 saturated carbocycles. The van der Waals surface area contributed by atoms with E-state index in [2.05, 4.69) is 31.1 Å². The van der Waals surface area contributed by atoms with Gasteiger partial charge in [0.05, 0.1) is 5.69 Å². The number of rotatable bonds is 6. The number of hydrogen-bond acceptors (Lipinski definition) is 3. The van der Waals surface area contributed by atoms with E-state index in [9.17, 15) is 4.79 Å². The smallest absolute Gasteiger partial charge is 0.251 e. The van der Waals surface area contributed by atoms with Crippen LogP contribution in [0.2, 0.25) is 0 Å². The highest BCUT2D eigenvalue weighted by Crippen LogP contribution is 2.35. The maximum atomic E-state index is 11.9. The molecule has 0 amide bonds. The van der Waals surface area contributed by atoms with Gasteiger partial charge in [-0.25, -0.2) is 4.98 Å². The average Bonchev–Trinajstić information content (AvgIpc) is 2.46. The van der Waals surface area contributed by atoms with Crippen LogP contribution in [-0.4, -0.2) is 16.5 Å². The first-order chi connectivity index (χ1) is 10.1. The molecule has 1 aliphatic carbocycles. The van der Waals surface area contributed by atoms with Crippen molar-refractivity contribution in [1.82, 2.24) is 15.3 Å². The Balaban J connectivity index is 2.05. The minimum atomic E-state index is -0.0139. The van der Waals surface area contributed by atoms with Crippen LogP contribution in [0.4, 0.5) is 0 Å². The van der Waals surface area contributed by atoms with Gasteiger partial charge >= 0.3 is 0 Å². The van der Waals surface area contributed by atoms with E-state index in [1.807, 2.05) is 0 Å². The molecule has 1 aliphatic rings. The van der Waals surface area contributed by atoms with Gasteiger partial charge in [-0.1, -0.05) is 40.0 Å². The van der Waals surface area contributed by atoms with Gasteiger partial charge in [0.15, 0.2) is 0 Å². The van der Waals surface area contributed by atoms with Crippen molar-refractivity contribution in [1.29, 1.82) is 0 Å². The van der Waals surface area contributed by atoms with Gasteiger partial charge in [0, 0.05) is 18.5 Å². The second-order valence-corrected chi connectivity index (χ2v) is 6.78. The number of nitrogens with zero attached hydrogens (tertiary/aromatic N) is 1. The third kappa shape index (κ3) is 4.95. The van der Waals surface area contributed by atoms with Crippen LogP contribution in [0.1, 0.15) is 70.3 Å². The van der Waals surface area contributed by atoms with Crippen LogP contribution in [-0.2, 0) is 6.54 Å². The summed E-state index contributed by atoms with van der Waals surface area (Å²) in [4.78, 5) is 19.6. The Bertz CT molecular complexity index is 495. The molecule has 4 heteroatoms. The standard InChI is InChI=1S/C17H29N3O/c1-4-13-6-5-7-14(8-13)17-19-15(9-16(21)20-17)11-18-10-12(2)3/h9,12-14,18H,4-8,10-11H2,1-3H3,(H,19,20,21). The Labute approximate surface area is 127 Å². The summed E-state index contributed by atoms with van der Waals surface area (Å²) in [7, 11) is 0. The van der Waals surface area contributed by atoms with Crippen molar-refractivity contribution < 1.29 is 0 Å². The third-order valence-corrected chi connectivity index (χ3v) is 4.42. The zero-order chi connectivity index (χ0) is 15.2. The second kappa shape index (κ2) is 7.74. The SMILES string of the molecule is CCC1CCCC(c2nc(CNCC(C)C)cc(=O)[nH]2)C1. The van der Waals surface area contributed by atoms with Crippen molar-refractivity contribution in [2.24, 2.45) is 11.8 Å². The second-order valence-electron chi connectivity index (χ2n) is 6.78. The fourth-order valence-electron chi connectivity index (χ4n) is 3.21. The van der Waals surface area contributed by atoms with Gasteiger partial charge in [0.25, 0.3) is 5.56 Å². The van der Waals surface area contributed by atoms with Crippen molar-refractivity contribution in [3.05, 3.63) is 27.9 Å². The quantitative estimate of drug-likeness (QED) is 0.846. The number of hydrogen-bond donors (Lipinski definition) is 2. The summed E-state index contributed by atoms with van der Waals surface area (Å²) in [5, 5.41) is 3.36. The molecular formula is C17H29N3O. The van der Waals surface area contributed by atoms with E-state index in [0.717, 1.165) is 30.4 Å². The molecule has 0 aliphatic heterocycles. The first-order valence-corrected chi connectivity index (χ1v) is 8.39. The molecule has 2 rings (SSSR count). The molecule has 2 atom stereocenters. The van der Waals surface area contributed by atoms with Crippen LogP contribution in [0.15, 0.2) is 10.9 Å². The first kappa shape index (κ1) is 16.2. The number of H-pyrrole nitrogens is 1. The number of aromatic nitrogens is 2. The van der Waals surface area contributed by atoms with Crippen LogP contribution in [0.5, 0.6) is 0 Å². The van der Waals surface area contributed by atoms with Crippen LogP contribution in [0.3, 0.4) is 0 Å². The maximum Gasteiger partial charge on any atom is 0.251 e. The molecule has 1 aromatic heterocycles. The molecule has 0 spiro atoms. The lowest BCUT2D eigenvalue weighted by atomic mass is 9.80. The Morgan fingerprint density at radius 3 is 2.95 bits per heavy atom. The van der Waals surface area contributed by atoms with Crippen molar-refractivity contribution in [2.45, 2.75) is 65.3 Å². The van der Waals surface area contributed by atoms with E-state index in [1.54, 1.807) is 6.07 Å². The van der Waals surface area contributed by atoms with E-state index in [1.165, 1.54) is 25.7 Å². The summed E-state index contributed by atoms with van der Waals surface area (Å²) in [6.07, 6.45) is 6.14. The molecule has 118 valence electrons. The summed E-state index contributed by atoms with van der Waals surface area (Å²) in [6, 6.07) is 1.62. The molecule has 1 fully saturated rings. The Kier molecular flexibility index (Phi) is 5.97. The molecule has 1 aromatic rings. The highest BCUT2D eigenvalue weighted by atomic mass is 16.1. The van der Waals surface area contributed by atoms with Crippen molar-refractivity contribution >= 4 is 0 Å². The Morgan fingerprint density at radius 2 is 2.24 bits per heavy atom. The summed E-state index contributed by atoms with van der Waals surface area (Å²) < 4.78 is 0. The van der Waals surface area contributed by atoms with Crippen LogP contribution < -0.4 is 10.9 Å². The Morgan fingerprint density at radius 1 is 1.43 bits per heavy atom. The lowest BCUT2D eigenvalue weighted by Crippen LogP contribution is -2.24. The van der Waals surface area contributed by atoms with Crippen LogP contribution in [0.25, 0.3) is 0 Å². The number of aromatic amines is 1. The summed E-state index contributed by atoms with van der Waals surface area (Å²) >= 11 is 0. The summed E-state index contributed by atoms with van der Waals surface area (Å²) in [5.74, 6) is 2.73. The zero-order valence-corrected chi connectivity index (χ0v) is 13.6. The van der Waals surface area contributed by atoms with Gasteiger partial charge < -0.3 is 10.3 Å². The summed E-state index contributed by atoms with van der Waals surface area (Å²) in [6.45, 7) is 8.24. The highest BCUT2D eigenvalue weighted by molar-refractivity contribution is 5.07. The highest BCUT2D eigenvalue weighted by Gasteiger charge is 2.24. The summed E-state index contributed by atoms with van der Waals surface area (Å²) in [5.41, 5.74) is 0.855. The minimum absolute atomic E-state index is 0.0139. The van der Waals surface area contributed by atoms with Crippen LogP contribution >= 0.6 is 0 Å². The topological polar surface area (TPSA) is 57.8 Å². The third-order valence-electron chi connectivity index (χ3n) is 4.42. The fourth-order valence-corrected chi connectivity index (χ4v) is 3.21. The van der Waals surface area contributed by atoms with E-state index >= 15 is 0 Å². The first-order valence-electron chi connectivity index (χ1n) is 8.39. The molecule has 2 unspecified atom stereocenters. The predicted molar refractivity (Wildman–Crippen MR) is 86.4 cm³/mol. The average molecular weight is 291 g/mol. The predicted octanol–water partition coefficient (Wildman–Crippen LogP) is 3.20. The number of nitrogens with one attached hydrogen (secondary N) is 2. The molecule has 1 heterocycles. The monoisotopic (exact) mass is 291 g/mol. The van der Waals surface area contributed by atoms with Gasteiger partial charge in [-0.3, -0.25) is 4.79 Å². The zero-order valence-electron chi connectivity index (χ0n) is 13.6. The van der Waals surface area contributed by atoms with E-state index < -0.39 is 0 Å². The molecule has 0 bridgehead atoms.